The number of rotatable bonds is 4. The number of carbonyl (C=O) groups is 1. The zero-order valence-electron chi connectivity index (χ0n) is 14.3. The summed E-state index contributed by atoms with van der Waals surface area (Å²) < 4.78 is 1.17. The maximum Gasteiger partial charge on any atom is 0.328 e. The molecule has 0 unspecified atom stereocenters. The summed E-state index contributed by atoms with van der Waals surface area (Å²) >= 11 is 0. The first-order valence-corrected chi connectivity index (χ1v) is 8.75. The van der Waals surface area contributed by atoms with Gasteiger partial charge in [0, 0.05) is 25.2 Å². The molecule has 1 aromatic heterocycles. The van der Waals surface area contributed by atoms with E-state index in [1.54, 1.807) is 29.2 Å². The van der Waals surface area contributed by atoms with Crippen LogP contribution < -0.4 is 16.1 Å². The Morgan fingerprint density at radius 1 is 1.04 bits per heavy atom. The van der Waals surface area contributed by atoms with Crippen molar-refractivity contribution in [1.82, 2.24) is 9.55 Å². The quantitative estimate of drug-likeness (QED) is 0.783. The molecule has 1 N–H and O–H groups in total. The first kappa shape index (κ1) is 16.3. The zero-order chi connectivity index (χ0) is 18.1. The molecule has 3 aromatic rings. The lowest BCUT2D eigenvalue weighted by Crippen LogP contribution is -2.35. The number of hydrogen-bond donors (Lipinski definition) is 1. The average molecular weight is 349 g/mol. The molecule has 26 heavy (non-hydrogen) atoms. The second-order valence-electron chi connectivity index (χ2n) is 6.46. The van der Waals surface area contributed by atoms with Gasteiger partial charge in [-0.3, -0.25) is 14.2 Å². The number of para-hydroxylation sites is 2. The Kier molecular flexibility index (Phi) is 4.16. The molecular formula is C20H19N3O3. The molecule has 2 heterocycles. The highest BCUT2D eigenvalue weighted by molar-refractivity contribution is 5.95. The van der Waals surface area contributed by atoms with E-state index >= 15 is 0 Å². The van der Waals surface area contributed by atoms with E-state index in [2.05, 4.69) is 4.98 Å². The van der Waals surface area contributed by atoms with Crippen LogP contribution in [0.5, 0.6) is 0 Å². The number of hydrogen-bond acceptors (Lipinski definition) is 3. The van der Waals surface area contributed by atoms with Gasteiger partial charge in [-0.05, 0) is 36.6 Å². The van der Waals surface area contributed by atoms with Crippen LogP contribution in [0.25, 0.3) is 10.9 Å². The van der Waals surface area contributed by atoms with Crippen LogP contribution in [0.15, 0.2) is 58.1 Å². The van der Waals surface area contributed by atoms with Crippen LogP contribution in [0.3, 0.4) is 0 Å². The molecule has 1 aliphatic heterocycles. The van der Waals surface area contributed by atoms with E-state index in [1.165, 1.54) is 10.1 Å². The molecule has 132 valence electrons. The number of fused-ring (bicyclic) bond motifs is 2. The van der Waals surface area contributed by atoms with E-state index in [1.807, 2.05) is 24.3 Å². The number of aromatic nitrogens is 2. The second-order valence-corrected chi connectivity index (χ2v) is 6.46. The van der Waals surface area contributed by atoms with E-state index in [4.69, 9.17) is 0 Å². The molecule has 1 amide bonds. The number of benzene rings is 2. The number of nitrogens with one attached hydrogen (secondary N) is 1. The predicted molar refractivity (Wildman–Crippen MR) is 101 cm³/mol. The molecule has 6 nitrogen and oxygen atoms in total. The molecule has 0 saturated heterocycles. The molecule has 0 bridgehead atoms. The summed E-state index contributed by atoms with van der Waals surface area (Å²) in [6.07, 6.45) is 1.61. The van der Waals surface area contributed by atoms with Crippen molar-refractivity contribution in [2.45, 2.75) is 25.8 Å². The third-order valence-corrected chi connectivity index (χ3v) is 4.85. The highest BCUT2D eigenvalue weighted by Gasteiger charge is 2.23. The molecule has 0 radical (unpaired) electrons. The van der Waals surface area contributed by atoms with Gasteiger partial charge in [0.05, 0.1) is 10.9 Å². The van der Waals surface area contributed by atoms with Gasteiger partial charge in [0.1, 0.15) is 0 Å². The van der Waals surface area contributed by atoms with Gasteiger partial charge in [0.25, 0.3) is 5.56 Å². The van der Waals surface area contributed by atoms with Crippen LogP contribution in [0.4, 0.5) is 5.69 Å². The molecule has 0 spiro atoms. The zero-order valence-corrected chi connectivity index (χ0v) is 14.3. The van der Waals surface area contributed by atoms with Gasteiger partial charge < -0.3 is 9.88 Å². The van der Waals surface area contributed by atoms with Gasteiger partial charge in [-0.2, -0.15) is 0 Å². The number of anilines is 1. The monoisotopic (exact) mass is 349 g/mol. The maximum absolute atomic E-state index is 12.5. The summed E-state index contributed by atoms with van der Waals surface area (Å²) in [7, 11) is 0. The summed E-state index contributed by atoms with van der Waals surface area (Å²) in [6, 6.07) is 14.8. The standard InChI is InChI=1S/C20H19N3O3/c24-18(22-13-11-14-6-1-4-9-17(14)22)10-5-12-23-19(25)15-7-2-3-8-16(15)21-20(23)26/h1-4,6-9H,5,10-13H2,(H,21,26). The van der Waals surface area contributed by atoms with Crippen LogP contribution in [-0.2, 0) is 17.8 Å². The number of carbonyl (C=O) groups excluding carboxylic acids is 1. The Labute approximate surface area is 149 Å². The highest BCUT2D eigenvalue weighted by atomic mass is 16.2. The maximum atomic E-state index is 12.5. The molecule has 1 aliphatic rings. The van der Waals surface area contributed by atoms with Crippen molar-refractivity contribution >= 4 is 22.5 Å². The minimum Gasteiger partial charge on any atom is -0.312 e. The van der Waals surface area contributed by atoms with Crippen molar-refractivity contribution in [3.63, 3.8) is 0 Å². The average Bonchev–Trinajstić information content (AvgIpc) is 3.08. The van der Waals surface area contributed by atoms with Gasteiger partial charge in [-0.1, -0.05) is 30.3 Å². The summed E-state index contributed by atoms with van der Waals surface area (Å²) in [4.78, 5) is 41.7. The number of amides is 1. The van der Waals surface area contributed by atoms with E-state index in [9.17, 15) is 14.4 Å². The van der Waals surface area contributed by atoms with Crippen molar-refractivity contribution in [1.29, 1.82) is 0 Å². The first-order valence-electron chi connectivity index (χ1n) is 8.75. The number of aromatic amines is 1. The van der Waals surface area contributed by atoms with Crippen LogP contribution in [0.2, 0.25) is 0 Å². The largest absolute Gasteiger partial charge is 0.328 e. The lowest BCUT2D eigenvalue weighted by Gasteiger charge is -2.17. The Hall–Kier alpha value is -3.15. The number of nitrogens with zero attached hydrogens (tertiary/aromatic N) is 2. The fraction of sp³-hybridized carbons (Fsp3) is 0.250. The van der Waals surface area contributed by atoms with Crippen LogP contribution in [0, 0.1) is 0 Å². The van der Waals surface area contributed by atoms with Gasteiger partial charge in [0.15, 0.2) is 0 Å². The first-order chi connectivity index (χ1) is 12.6. The van der Waals surface area contributed by atoms with Crippen molar-refractivity contribution in [2.75, 3.05) is 11.4 Å². The minimum absolute atomic E-state index is 0.0280. The topological polar surface area (TPSA) is 75.2 Å². The van der Waals surface area contributed by atoms with Crippen molar-refractivity contribution < 1.29 is 4.79 Å². The predicted octanol–water partition coefficient (Wildman–Crippen LogP) is 2.06. The lowest BCUT2D eigenvalue weighted by molar-refractivity contribution is -0.118. The van der Waals surface area contributed by atoms with Crippen molar-refractivity contribution in [2.24, 2.45) is 0 Å². The normalized spacial score (nSPS) is 13.2. The molecule has 0 fully saturated rings. The fourth-order valence-corrected chi connectivity index (χ4v) is 3.52. The van der Waals surface area contributed by atoms with Crippen LogP contribution >= 0.6 is 0 Å². The van der Waals surface area contributed by atoms with Gasteiger partial charge in [-0.25, -0.2) is 4.79 Å². The van der Waals surface area contributed by atoms with Crippen LogP contribution in [-0.4, -0.2) is 22.0 Å². The van der Waals surface area contributed by atoms with Crippen molar-refractivity contribution in [3.05, 3.63) is 74.9 Å². The Balaban J connectivity index is 1.47. The van der Waals surface area contributed by atoms with E-state index in [-0.39, 0.29) is 18.0 Å². The Morgan fingerprint density at radius 2 is 1.81 bits per heavy atom. The van der Waals surface area contributed by atoms with Gasteiger partial charge in [-0.15, -0.1) is 0 Å². The summed E-state index contributed by atoms with van der Waals surface area (Å²) in [5.41, 5.74) is 1.93. The molecule has 0 aliphatic carbocycles. The van der Waals surface area contributed by atoms with Crippen LogP contribution in [0.1, 0.15) is 18.4 Å². The third kappa shape index (κ3) is 2.83. The van der Waals surface area contributed by atoms with E-state index in [0.717, 1.165) is 12.1 Å². The minimum atomic E-state index is -0.437. The molecule has 0 atom stereocenters. The second kappa shape index (κ2) is 6.63. The van der Waals surface area contributed by atoms with E-state index in [0.29, 0.717) is 30.3 Å². The number of H-pyrrole nitrogens is 1. The summed E-state index contributed by atoms with van der Waals surface area (Å²) in [5.74, 6) is 0.0280. The summed E-state index contributed by atoms with van der Waals surface area (Å²) in [5, 5.41) is 0.479. The molecule has 0 saturated carbocycles. The SMILES string of the molecule is O=C(CCCn1c(=O)[nH]c2ccccc2c1=O)N1CCc2ccccc21. The Bertz CT molecular complexity index is 1100. The van der Waals surface area contributed by atoms with Gasteiger partial charge in [0.2, 0.25) is 5.91 Å². The van der Waals surface area contributed by atoms with Gasteiger partial charge >= 0.3 is 5.69 Å². The summed E-state index contributed by atoms with van der Waals surface area (Å²) in [6.45, 7) is 0.912. The molecule has 6 heteroatoms. The fourth-order valence-electron chi connectivity index (χ4n) is 3.52. The highest BCUT2D eigenvalue weighted by Crippen LogP contribution is 2.28. The smallest absolute Gasteiger partial charge is 0.312 e. The molecular weight excluding hydrogens is 330 g/mol. The Morgan fingerprint density at radius 3 is 2.69 bits per heavy atom. The molecule has 2 aromatic carbocycles. The van der Waals surface area contributed by atoms with E-state index < -0.39 is 5.69 Å². The lowest BCUT2D eigenvalue weighted by atomic mass is 10.2. The van der Waals surface area contributed by atoms with Crippen molar-refractivity contribution in [3.8, 4) is 0 Å². The third-order valence-electron chi connectivity index (χ3n) is 4.85. The molecule has 4 rings (SSSR count).